The lowest BCUT2D eigenvalue weighted by Crippen LogP contribution is -2.45. The number of piperidine rings is 1. The quantitative estimate of drug-likeness (QED) is 0.374. The topological polar surface area (TPSA) is 124 Å². The van der Waals surface area contributed by atoms with Gasteiger partial charge in [-0.2, -0.15) is 5.10 Å². The van der Waals surface area contributed by atoms with Crippen LogP contribution in [0.1, 0.15) is 53.5 Å². The van der Waals surface area contributed by atoms with Crippen LogP contribution in [0.15, 0.2) is 49.1 Å². The summed E-state index contributed by atoms with van der Waals surface area (Å²) in [4.78, 5) is 58.3. The molecule has 4 aromatic rings. The summed E-state index contributed by atoms with van der Waals surface area (Å²) in [7, 11) is 0. The van der Waals surface area contributed by atoms with Gasteiger partial charge in [-0.1, -0.05) is 13.0 Å². The monoisotopic (exact) mass is 495 g/mol. The molecule has 1 saturated heterocycles. The number of aryl methyl sites for hydroxylation is 1. The Morgan fingerprint density at radius 2 is 1.84 bits per heavy atom. The van der Waals surface area contributed by atoms with E-state index in [-0.39, 0.29) is 41.2 Å². The summed E-state index contributed by atoms with van der Waals surface area (Å²) in [6.07, 6.45) is 8.03. The van der Waals surface area contributed by atoms with Crippen LogP contribution in [0.2, 0.25) is 0 Å². The summed E-state index contributed by atoms with van der Waals surface area (Å²) in [5.74, 6) is 0.0708. The van der Waals surface area contributed by atoms with Gasteiger partial charge < -0.3 is 4.90 Å². The van der Waals surface area contributed by atoms with Gasteiger partial charge in [0, 0.05) is 42.5 Å². The van der Waals surface area contributed by atoms with Crippen molar-refractivity contribution in [1.29, 1.82) is 0 Å². The SMILES string of the molecule is CC(=O)c1nn(CC(=O)N2C(C(=O)c3ccccn3)C[C@@]3(C)C[C@@H]23)c2cnc(-c3cnc(C)nc3)cc12. The number of hydrogen-bond donors (Lipinski definition) is 0. The molecule has 0 spiro atoms. The number of hydrogen-bond acceptors (Lipinski definition) is 8. The van der Waals surface area contributed by atoms with Crippen LogP contribution >= 0.6 is 0 Å². The molecule has 2 aliphatic rings. The van der Waals surface area contributed by atoms with E-state index in [0.29, 0.717) is 40.1 Å². The standard InChI is InChI=1S/C27H25N7O3/c1-15(35)25-18-8-20(17-11-29-16(2)30-12-17)31-13-22(18)33(32-25)14-24(36)34-21(9-27(3)10-23(27)34)26(37)19-6-4-5-7-28-19/h4-8,11-13,21,23H,9-10,14H2,1-3H3/t21?,23-,27+/m1/s1. The van der Waals surface area contributed by atoms with Crippen molar-refractivity contribution in [3.05, 3.63) is 66.3 Å². The summed E-state index contributed by atoms with van der Waals surface area (Å²) in [6.45, 7) is 5.26. The second-order valence-electron chi connectivity index (χ2n) is 10.1. The minimum absolute atomic E-state index is 0.0121. The van der Waals surface area contributed by atoms with Crippen molar-refractivity contribution in [2.75, 3.05) is 0 Å². The Kier molecular flexibility index (Phi) is 5.22. The zero-order chi connectivity index (χ0) is 25.9. The molecule has 0 N–H and O–H groups in total. The van der Waals surface area contributed by atoms with Crippen LogP contribution in [-0.2, 0) is 11.3 Å². The molecule has 0 aromatic carbocycles. The molecule has 186 valence electrons. The van der Waals surface area contributed by atoms with Crippen LogP contribution in [0.3, 0.4) is 0 Å². The lowest BCUT2D eigenvalue weighted by atomic mass is 9.97. The van der Waals surface area contributed by atoms with Crippen molar-refractivity contribution in [2.45, 2.75) is 52.2 Å². The van der Waals surface area contributed by atoms with E-state index in [1.807, 2.05) is 0 Å². The van der Waals surface area contributed by atoms with E-state index in [2.05, 4.69) is 32.0 Å². The first-order valence-electron chi connectivity index (χ1n) is 12.2. The minimum Gasteiger partial charge on any atom is -0.327 e. The van der Waals surface area contributed by atoms with E-state index in [1.54, 1.807) is 60.9 Å². The zero-order valence-electron chi connectivity index (χ0n) is 20.8. The highest BCUT2D eigenvalue weighted by molar-refractivity contribution is 6.06. The van der Waals surface area contributed by atoms with Gasteiger partial charge in [0.15, 0.2) is 5.78 Å². The van der Waals surface area contributed by atoms with Crippen molar-refractivity contribution in [2.24, 2.45) is 5.41 Å². The fraction of sp³-hybridized carbons (Fsp3) is 0.333. The maximum atomic E-state index is 13.7. The van der Waals surface area contributed by atoms with Gasteiger partial charge in [0.2, 0.25) is 11.7 Å². The normalized spacial score (nSPS) is 22.2. The number of likely N-dealkylation sites (tertiary alicyclic amines) is 1. The smallest absolute Gasteiger partial charge is 0.245 e. The number of aromatic nitrogens is 6. The molecule has 10 nitrogen and oxygen atoms in total. The van der Waals surface area contributed by atoms with Crippen molar-refractivity contribution >= 4 is 28.4 Å². The van der Waals surface area contributed by atoms with E-state index < -0.39 is 6.04 Å². The molecule has 6 rings (SSSR count). The molecule has 4 aromatic heterocycles. The number of carbonyl (C=O) groups is 3. The molecule has 0 radical (unpaired) electrons. The highest BCUT2D eigenvalue weighted by Crippen LogP contribution is 2.59. The van der Waals surface area contributed by atoms with Crippen LogP contribution in [0, 0.1) is 12.3 Å². The second-order valence-corrected chi connectivity index (χ2v) is 10.1. The minimum atomic E-state index is -0.563. The highest BCUT2D eigenvalue weighted by Gasteiger charge is 2.64. The summed E-state index contributed by atoms with van der Waals surface area (Å²) in [5, 5.41) is 5.09. The van der Waals surface area contributed by atoms with Crippen LogP contribution in [-0.4, -0.2) is 64.2 Å². The van der Waals surface area contributed by atoms with Gasteiger partial charge in [0.1, 0.15) is 23.8 Å². The fourth-order valence-electron chi connectivity index (χ4n) is 5.38. The first-order chi connectivity index (χ1) is 17.7. The number of rotatable bonds is 6. The van der Waals surface area contributed by atoms with Crippen molar-refractivity contribution in [1.82, 2.24) is 34.6 Å². The molecule has 2 fully saturated rings. The van der Waals surface area contributed by atoms with Gasteiger partial charge in [0.05, 0.1) is 23.4 Å². The van der Waals surface area contributed by atoms with Gasteiger partial charge in [-0.3, -0.25) is 29.0 Å². The lowest BCUT2D eigenvalue weighted by Gasteiger charge is -2.26. The van der Waals surface area contributed by atoms with Crippen molar-refractivity contribution < 1.29 is 14.4 Å². The third kappa shape index (κ3) is 3.89. The lowest BCUT2D eigenvalue weighted by molar-refractivity contribution is -0.133. The number of fused-ring (bicyclic) bond motifs is 2. The zero-order valence-corrected chi connectivity index (χ0v) is 20.8. The summed E-state index contributed by atoms with van der Waals surface area (Å²) in [6, 6.07) is 6.43. The van der Waals surface area contributed by atoms with Crippen molar-refractivity contribution in [3.8, 4) is 11.3 Å². The molecule has 37 heavy (non-hydrogen) atoms. The Bertz CT molecular complexity index is 1560. The maximum absolute atomic E-state index is 13.7. The molecule has 1 aliphatic carbocycles. The molecule has 1 aliphatic heterocycles. The molecule has 1 amide bonds. The average Bonchev–Trinajstić information content (AvgIpc) is 3.26. The maximum Gasteiger partial charge on any atom is 0.245 e. The number of carbonyl (C=O) groups excluding carboxylic acids is 3. The Labute approximate surface area is 212 Å². The first kappa shape index (κ1) is 23.1. The molecule has 0 bridgehead atoms. The Morgan fingerprint density at radius 1 is 1.05 bits per heavy atom. The van der Waals surface area contributed by atoms with E-state index in [9.17, 15) is 14.4 Å². The number of Topliss-reactive ketones (excluding diaryl/α,β-unsaturated/α-hetero) is 2. The average molecular weight is 496 g/mol. The second kappa shape index (κ2) is 8.36. The first-order valence-corrected chi connectivity index (χ1v) is 12.2. The van der Waals surface area contributed by atoms with Crippen LogP contribution in [0.5, 0.6) is 0 Å². The molecular weight excluding hydrogens is 470 g/mol. The van der Waals surface area contributed by atoms with Gasteiger partial charge >= 0.3 is 0 Å². The number of pyridine rings is 2. The third-order valence-electron chi connectivity index (χ3n) is 7.48. The molecule has 10 heteroatoms. The van der Waals surface area contributed by atoms with Gasteiger partial charge in [0.25, 0.3) is 0 Å². The highest BCUT2D eigenvalue weighted by atomic mass is 16.2. The molecular formula is C27H25N7O3. The molecule has 1 unspecified atom stereocenters. The predicted molar refractivity (Wildman–Crippen MR) is 134 cm³/mol. The van der Waals surface area contributed by atoms with E-state index >= 15 is 0 Å². The van der Waals surface area contributed by atoms with E-state index in [1.165, 1.54) is 11.6 Å². The van der Waals surface area contributed by atoms with E-state index in [4.69, 9.17) is 0 Å². The summed E-state index contributed by atoms with van der Waals surface area (Å²) < 4.78 is 1.51. The summed E-state index contributed by atoms with van der Waals surface area (Å²) >= 11 is 0. The van der Waals surface area contributed by atoms with Crippen LogP contribution in [0.4, 0.5) is 0 Å². The molecule has 1 saturated carbocycles. The molecule has 3 atom stereocenters. The Hall–Kier alpha value is -4.34. The Morgan fingerprint density at radius 3 is 2.54 bits per heavy atom. The van der Waals surface area contributed by atoms with Gasteiger partial charge in [-0.05, 0) is 43.4 Å². The third-order valence-corrected chi connectivity index (χ3v) is 7.48. The van der Waals surface area contributed by atoms with Crippen molar-refractivity contribution in [3.63, 3.8) is 0 Å². The summed E-state index contributed by atoms with van der Waals surface area (Å²) in [5.41, 5.74) is 2.45. The van der Waals surface area contributed by atoms with E-state index in [0.717, 1.165) is 6.42 Å². The number of nitrogens with zero attached hydrogens (tertiary/aromatic N) is 7. The molecule has 5 heterocycles. The largest absolute Gasteiger partial charge is 0.327 e. The fourth-order valence-corrected chi connectivity index (χ4v) is 5.38. The van der Waals surface area contributed by atoms with Gasteiger partial charge in [-0.15, -0.1) is 0 Å². The Balaban J connectivity index is 1.33. The van der Waals surface area contributed by atoms with Gasteiger partial charge in [-0.25, -0.2) is 9.97 Å². The predicted octanol–water partition coefficient (Wildman–Crippen LogP) is 3.06. The van der Waals surface area contributed by atoms with Crippen LogP contribution < -0.4 is 0 Å². The number of ketones is 2. The van der Waals surface area contributed by atoms with Crippen LogP contribution in [0.25, 0.3) is 22.2 Å². The number of amides is 1.